The Hall–Kier alpha value is -2.24. The minimum atomic E-state index is 0.115. The molecule has 1 saturated heterocycles. The minimum Gasteiger partial charge on any atom is -0.493 e. The molecule has 0 saturated carbocycles. The van der Waals surface area contributed by atoms with Gasteiger partial charge in [0, 0.05) is 32.0 Å². The number of amides is 2. The molecule has 1 aromatic carbocycles. The summed E-state index contributed by atoms with van der Waals surface area (Å²) < 4.78 is 10.9. The van der Waals surface area contributed by atoms with Crippen molar-refractivity contribution < 1.29 is 19.1 Å². The summed E-state index contributed by atoms with van der Waals surface area (Å²) in [4.78, 5) is 26.4. The first-order valence-corrected chi connectivity index (χ1v) is 10.3. The Morgan fingerprint density at radius 2 is 1.93 bits per heavy atom. The molecule has 0 spiro atoms. The summed E-state index contributed by atoms with van der Waals surface area (Å²) in [6.07, 6.45) is 3.36. The highest BCUT2D eigenvalue weighted by Crippen LogP contribution is 2.28. The van der Waals surface area contributed by atoms with E-state index in [1.165, 1.54) is 0 Å². The number of carbonyl (C=O) groups is 2. The number of benzene rings is 1. The highest BCUT2D eigenvalue weighted by Gasteiger charge is 2.23. The molecular formula is C22H34N2O4. The van der Waals surface area contributed by atoms with Gasteiger partial charge in [-0.1, -0.05) is 19.9 Å². The monoisotopic (exact) mass is 390 g/mol. The SMILES string of the molecule is CCOc1ccc(CCC(=O)N2CCC(NC(=O)CC(C)C)CC2)cc1OC. The van der Waals surface area contributed by atoms with Crippen LogP contribution in [0.4, 0.5) is 0 Å². The van der Waals surface area contributed by atoms with Crippen LogP contribution in [0.3, 0.4) is 0 Å². The fraction of sp³-hybridized carbons (Fsp3) is 0.636. The summed E-state index contributed by atoms with van der Waals surface area (Å²) in [6.45, 7) is 8.02. The lowest BCUT2D eigenvalue weighted by molar-refractivity contribution is -0.132. The van der Waals surface area contributed by atoms with Gasteiger partial charge < -0.3 is 19.7 Å². The molecule has 1 fully saturated rings. The molecule has 156 valence electrons. The maximum Gasteiger partial charge on any atom is 0.222 e. The first kappa shape index (κ1) is 22.1. The molecule has 6 heteroatoms. The molecule has 0 bridgehead atoms. The van der Waals surface area contributed by atoms with Crippen LogP contribution in [0.15, 0.2) is 18.2 Å². The average Bonchev–Trinajstić information content (AvgIpc) is 2.67. The van der Waals surface area contributed by atoms with Crippen LogP contribution in [-0.2, 0) is 16.0 Å². The zero-order valence-electron chi connectivity index (χ0n) is 17.6. The Morgan fingerprint density at radius 3 is 2.54 bits per heavy atom. The second kappa shape index (κ2) is 10.9. The molecule has 0 radical (unpaired) electrons. The number of hydrogen-bond donors (Lipinski definition) is 1. The number of piperidine rings is 1. The number of nitrogens with one attached hydrogen (secondary N) is 1. The van der Waals surface area contributed by atoms with E-state index in [0.29, 0.717) is 50.6 Å². The van der Waals surface area contributed by atoms with Crippen molar-refractivity contribution in [1.29, 1.82) is 0 Å². The molecule has 2 rings (SSSR count). The van der Waals surface area contributed by atoms with Crippen LogP contribution in [0.25, 0.3) is 0 Å². The number of aryl methyl sites for hydroxylation is 1. The van der Waals surface area contributed by atoms with Crippen molar-refractivity contribution in [2.75, 3.05) is 26.8 Å². The van der Waals surface area contributed by atoms with Crippen molar-refractivity contribution >= 4 is 11.8 Å². The van der Waals surface area contributed by atoms with Crippen molar-refractivity contribution in [3.63, 3.8) is 0 Å². The number of rotatable bonds is 9. The number of methoxy groups -OCH3 is 1. The van der Waals surface area contributed by atoms with Crippen molar-refractivity contribution in [2.24, 2.45) is 5.92 Å². The van der Waals surface area contributed by atoms with Gasteiger partial charge in [0.1, 0.15) is 0 Å². The Labute approximate surface area is 168 Å². The van der Waals surface area contributed by atoms with Gasteiger partial charge in [-0.25, -0.2) is 0 Å². The Bertz CT molecular complexity index is 652. The van der Waals surface area contributed by atoms with Crippen LogP contribution in [0.1, 0.15) is 52.0 Å². The van der Waals surface area contributed by atoms with Crippen LogP contribution >= 0.6 is 0 Å². The van der Waals surface area contributed by atoms with Gasteiger partial charge >= 0.3 is 0 Å². The van der Waals surface area contributed by atoms with E-state index in [1.807, 2.05) is 43.9 Å². The van der Waals surface area contributed by atoms with E-state index in [4.69, 9.17) is 9.47 Å². The van der Waals surface area contributed by atoms with Crippen molar-refractivity contribution in [1.82, 2.24) is 10.2 Å². The van der Waals surface area contributed by atoms with Gasteiger partial charge in [0.25, 0.3) is 0 Å². The standard InChI is InChI=1S/C22H34N2O4/c1-5-28-19-8-6-17(15-20(19)27-4)7-9-22(26)24-12-10-18(11-13-24)23-21(25)14-16(2)3/h6,8,15-16,18H,5,7,9-14H2,1-4H3,(H,23,25). The highest BCUT2D eigenvalue weighted by atomic mass is 16.5. The maximum atomic E-state index is 12.6. The van der Waals surface area contributed by atoms with Crippen LogP contribution in [0, 0.1) is 5.92 Å². The molecule has 0 aromatic heterocycles. The smallest absolute Gasteiger partial charge is 0.222 e. The highest BCUT2D eigenvalue weighted by molar-refractivity contribution is 5.77. The lowest BCUT2D eigenvalue weighted by atomic mass is 10.0. The molecule has 28 heavy (non-hydrogen) atoms. The van der Waals surface area contributed by atoms with E-state index < -0.39 is 0 Å². The van der Waals surface area contributed by atoms with Gasteiger partial charge in [0.05, 0.1) is 13.7 Å². The summed E-state index contributed by atoms with van der Waals surface area (Å²) in [5.41, 5.74) is 1.06. The lowest BCUT2D eigenvalue weighted by Gasteiger charge is -2.32. The summed E-state index contributed by atoms with van der Waals surface area (Å²) in [6, 6.07) is 6.00. The Morgan fingerprint density at radius 1 is 1.21 bits per heavy atom. The van der Waals surface area contributed by atoms with Gasteiger partial charge in [-0.3, -0.25) is 9.59 Å². The third kappa shape index (κ3) is 6.73. The molecule has 1 N–H and O–H groups in total. The first-order chi connectivity index (χ1) is 13.4. The van der Waals surface area contributed by atoms with Crippen molar-refractivity contribution in [3.8, 4) is 11.5 Å². The van der Waals surface area contributed by atoms with Crippen LogP contribution < -0.4 is 14.8 Å². The molecule has 0 atom stereocenters. The predicted octanol–water partition coefficient (Wildman–Crippen LogP) is 3.18. The molecular weight excluding hydrogens is 356 g/mol. The van der Waals surface area contributed by atoms with E-state index in [2.05, 4.69) is 5.32 Å². The number of likely N-dealkylation sites (tertiary alicyclic amines) is 1. The Kier molecular flexibility index (Phi) is 8.61. The quantitative estimate of drug-likeness (QED) is 0.703. The first-order valence-electron chi connectivity index (χ1n) is 10.3. The molecule has 1 heterocycles. The second-order valence-corrected chi connectivity index (χ2v) is 7.74. The van der Waals surface area contributed by atoms with E-state index in [0.717, 1.165) is 24.2 Å². The molecule has 2 amide bonds. The van der Waals surface area contributed by atoms with Crippen molar-refractivity contribution in [2.45, 2.75) is 58.9 Å². The number of ether oxygens (including phenoxy) is 2. The molecule has 1 aromatic rings. The lowest BCUT2D eigenvalue weighted by Crippen LogP contribution is -2.46. The van der Waals surface area contributed by atoms with Crippen molar-refractivity contribution in [3.05, 3.63) is 23.8 Å². The van der Waals surface area contributed by atoms with Crippen LogP contribution in [0.2, 0.25) is 0 Å². The molecule has 1 aliphatic heterocycles. The van der Waals surface area contributed by atoms with Gasteiger partial charge in [0.15, 0.2) is 11.5 Å². The van der Waals surface area contributed by atoms with E-state index in [9.17, 15) is 9.59 Å². The average molecular weight is 391 g/mol. The minimum absolute atomic E-state index is 0.115. The maximum absolute atomic E-state index is 12.6. The largest absolute Gasteiger partial charge is 0.493 e. The third-order valence-electron chi connectivity index (χ3n) is 4.96. The molecule has 0 unspecified atom stereocenters. The normalized spacial score (nSPS) is 14.8. The van der Waals surface area contributed by atoms with Crippen LogP contribution in [0.5, 0.6) is 11.5 Å². The number of hydrogen-bond acceptors (Lipinski definition) is 4. The summed E-state index contributed by atoms with van der Waals surface area (Å²) in [5.74, 6) is 2.07. The number of nitrogens with zero attached hydrogens (tertiary/aromatic N) is 1. The van der Waals surface area contributed by atoms with Gasteiger partial charge in [0.2, 0.25) is 11.8 Å². The predicted molar refractivity (Wildman–Crippen MR) is 110 cm³/mol. The third-order valence-corrected chi connectivity index (χ3v) is 4.96. The number of carbonyl (C=O) groups excluding carboxylic acids is 2. The van der Waals surface area contributed by atoms with Gasteiger partial charge in [-0.2, -0.15) is 0 Å². The van der Waals surface area contributed by atoms with Crippen LogP contribution in [-0.4, -0.2) is 49.6 Å². The Balaban J connectivity index is 1.78. The van der Waals surface area contributed by atoms with E-state index in [1.54, 1.807) is 7.11 Å². The molecule has 6 nitrogen and oxygen atoms in total. The molecule has 1 aliphatic rings. The molecule has 0 aliphatic carbocycles. The summed E-state index contributed by atoms with van der Waals surface area (Å²) in [5, 5.41) is 3.09. The zero-order valence-corrected chi connectivity index (χ0v) is 17.6. The zero-order chi connectivity index (χ0) is 20.5. The fourth-order valence-electron chi connectivity index (χ4n) is 3.48. The topological polar surface area (TPSA) is 67.9 Å². The van der Waals surface area contributed by atoms with E-state index in [-0.39, 0.29) is 17.9 Å². The van der Waals surface area contributed by atoms with Gasteiger partial charge in [-0.05, 0) is 49.8 Å². The van der Waals surface area contributed by atoms with E-state index >= 15 is 0 Å². The fourth-order valence-corrected chi connectivity index (χ4v) is 3.48. The van der Waals surface area contributed by atoms with Gasteiger partial charge in [-0.15, -0.1) is 0 Å². The second-order valence-electron chi connectivity index (χ2n) is 7.74. The summed E-state index contributed by atoms with van der Waals surface area (Å²) >= 11 is 0. The summed E-state index contributed by atoms with van der Waals surface area (Å²) in [7, 11) is 1.62.